The SMILES string of the molecule is O=C(O)C1(N2CC3CCC2C3)CCCSC1. The number of carboxylic acid groups (broad SMARTS) is 1. The molecule has 1 aliphatic carbocycles. The van der Waals surface area contributed by atoms with Crippen molar-refractivity contribution >= 4 is 17.7 Å². The van der Waals surface area contributed by atoms with E-state index >= 15 is 0 Å². The van der Waals surface area contributed by atoms with E-state index in [0.717, 1.165) is 36.8 Å². The molecule has 0 aromatic rings. The second-order valence-corrected chi connectivity index (χ2v) is 6.58. The minimum atomic E-state index is -0.577. The number of rotatable bonds is 2. The van der Waals surface area contributed by atoms with Crippen molar-refractivity contribution in [3.63, 3.8) is 0 Å². The summed E-state index contributed by atoms with van der Waals surface area (Å²) >= 11 is 1.82. The third kappa shape index (κ3) is 1.50. The van der Waals surface area contributed by atoms with Crippen molar-refractivity contribution in [1.29, 1.82) is 0 Å². The second kappa shape index (κ2) is 3.91. The summed E-state index contributed by atoms with van der Waals surface area (Å²) in [6, 6.07) is 0.569. The van der Waals surface area contributed by atoms with Crippen molar-refractivity contribution in [3.8, 4) is 0 Å². The number of thioether (sulfide) groups is 1. The Morgan fingerprint density at radius 2 is 2.31 bits per heavy atom. The van der Waals surface area contributed by atoms with Gasteiger partial charge < -0.3 is 5.11 Å². The van der Waals surface area contributed by atoms with Gasteiger partial charge in [0.1, 0.15) is 5.54 Å². The van der Waals surface area contributed by atoms with E-state index in [4.69, 9.17) is 0 Å². The molecule has 4 heteroatoms. The van der Waals surface area contributed by atoms with Crippen LogP contribution in [0.15, 0.2) is 0 Å². The minimum absolute atomic E-state index is 0.525. The van der Waals surface area contributed by atoms with Crippen molar-refractivity contribution in [1.82, 2.24) is 4.90 Å². The lowest BCUT2D eigenvalue weighted by Crippen LogP contribution is -2.60. The molecule has 2 bridgehead atoms. The average molecular weight is 241 g/mol. The summed E-state index contributed by atoms with van der Waals surface area (Å²) in [5.41, 5.74) is -0.525. The van der Waals surface area contributed by atoms with Gasteiger partial charge in [0.15, 0.2) is 0 Å². The highest BCUT2D eigenvalue weighted by Gasteiger charge is 2.53. The zero-order valence-electron chi connectivity index (χ0n) is 9.52. The summed E-state index contributed by atoms with van der Waals surface area (Å²) in [4.78, 5) is 14.0. The second-order valence-electron chi connectivity index (χ2n) is 5.48. The van der Waals surface area contributed by atoms with E-state index < -0.39 is 11.5 Å². The first kappa shape index (κ1) is 10.9. The number of hydrogen-bond donors (Lipinski definition) is 1. The molecule has 3 aliphatic rings. The van der Waals surface area contributed by atoms with Crippen molar-refractivity contribution in [2.24, 2.45) is 5.92 Å². The van der Waals surface area contributed by atoms with E-state index in [1.807, 2.05) is 11.8 Å². The lowest BCUT2D eigenvalue weighted by molar-refractivity contribution is -0.152. The molecule has 16 heavy (non-hydrogen) atoms. The topological polar surface area (TPSA) is 40.5 Å². The number of likely N-dealkylation sites (tertiary alicyclic amines) is 1. The predicted molar refractivity (Wildman–Crippen MR) is 64.8 cm³/mol. The number of fused-ring (bicyclic) bond motifs is 2. The lowest BCUT2D eigenvalue weighted by atomic mass is 9.91. The van der Waals surface area contributed by atoms with Gasteiger partial charge >= 0.3 is 5.97 Å². The fourth-order valence-corrected chi connectivity index (χ4v) is 5.01. The maximum absolute atomic E-state index is 11.7. The van der Waals surface area contributed by atoms with E-state index in [9.17, 15) is 9.90 Å². The van der Waals surface area contributed by atoms with Gasteiger partial charge in [0.05, 0.1) is 0 Å². The Morgan fingerprint density at radius 3 is 2.81 bits per heavy atom. The van der Waals surface area contributed by atoms with Gasteiger partial charge in [-0.25, -0.2) is 0 Å². The fraction of sp³-hybridized carbons (Fsp3) is 0.917. The highest BCUT2D eigenvalue weighted by Crippen LogP contribution is 2.45. The van der Waals surface area contributed by atoms with Crippen molar-refractivity contribution in [2.45, 2.75) is 43.7 Å². The van der Waals surface area contributed by atoms with Gasteiger partial charge in [0.2, 0.25) is 0 Å². The van der Waals surface area contributed by atoms with Crippen molar-refractivity contribution in [2.75, 3.05) is 18.1 Å². The predicted octanol–water partition coefficient (Wildman–Crippen LogP) is 1.82. The smallest absolute Gasteiger partial charge is 0.324 e. The Balaban J connectivity index is 1.85. The van der Waals surface area contributed by atoms with Gasteiger partial charge in [0, 0.05) is 18.3 Å². The Hall–Kier alpha value is -0.220. The normalized spacial score (nSPS) is 43.8. The van der Waals surface area contributed by atoms with E-state index in [1.165, 1.54) is 19.3 Å². The molecule has 3 fully saturated rings. The maximum atomic E-state index is 11.7. The molecule has 0 aromatic carbocycles. The molecular formula is C12H19NO2S. The van der Waals surface area contributed by atoms with E-state index in [2.05, 4.69) is 4.90 Å². The van der Waals surface area contributed by atoms with Crippen LogP contribution in [-0.2, 0) is 4.79 Å². The van der Waals surface area contributed by atoms with Gasteiger partial charge in [-0.2, -0.15) is 11.8 Å². The number of piperidine rings is 1. The standard InChI is InChI=1S/C12H19NO2S/c14-11(15)12(4-1-5-16-8-12)13-7-9-2-3-10(13)6-9/h9-10H,1-8H2,(H,14,15). The summed E-state index contributed by atoms with van der Waals surface area (Å²) in [6.45, 7) is 1.04. The first-order valence-electron chi connectivity index (χ1n) is 6.30. The van der Waals surface area contributed by atoms with Crippen LogP contribution < -0.4 is 0 Å². The Labute approximate surface area is 101 Å². The zero-order valence-corrected chi connectivity index (χ0v) is 10.3. The van der Waals surface area contributed by atoms with Crippen LogP contribution >= 0.6 is 11.8 Å². The number of nitrogens with zero attached hydrogens (tertiary/aromatic N) is 1. The summed E-state index contributed by atoms with van der Waals surface area (Å²) in [6.07, 6.45) is 5.72. The van der Waals surface area contributed by atoms with Crippen LogP contribution in [0, 0.1) is 5.92 Å². The van der Waals surface area contributed by atoms with Crippen LogP contribution in [0.1, 0.15) is 32.1 Å². The average Bonchev–Trinajstić information content (AvgIpc) is 2.91. The van der Waals surface area contributed by atoms with Crippen LogP contribution in [0.25, 0.3) is 0 Å². The Morgan fingerprint density at radius 1 is 1.44 bits per heavy atom. The highest BCUT2D eigenvalue weighted by atomic mass is 32.2. The van der Waals surface area contributed by atoms with Crippen molar-refractivity contribution < 1.29 is 9.90 Å². The molecule has 2 heterocycles. The first-order valence-corrected chi connectivity index (χ1v) is 7.46. The fourth-order valence-electron chi connectivity index (χ4n) is 3.75. The summed E-state index contributed by atoms with van der Waals surface area (Å²) < 4.78 is 0. The third-order valence-corrected chi connectivity index (χ3v) is 5.84. The molecule has 3 rings (SSSR count). The summed E-state index contributed by atoms with van der Waals surface area (Å²) in [7, 11) is 0. The highest BCUT2D eigenvalue weighted by molar-refractivity contribution is 7.99. The van der Waals surface area contributed by atoms with Crippen LogP contribution in [0.5, 0.6) is 0 Å². The number of carboxylic acids is 1. The van der Waals surface area contributed by atoms with E-state index in [0.29, 0.717) is 6.04 Å². The molecule has 2 saturated heterocycles. The van der Waals surface area contributed by atoms with Crippen LogP contribution in [0.2, 0.25) is 0 Å². The van der Waals surface area contributed by atoms with E-state index in [1.54, 1.807) is 0 Å². The molecule has 0 spiro atoms. The van der Waals surface area contributed by atoms with Crippen molar-refractivity contribution in [3.05, 3.63) is 0 Å². The van der Waals surface area contributed by atoms with Crippen LogP contribution in [-0.4, -0.2) is 45.6 Å². The first-order chi connectivity index (χ1) is 7.72. The lowest BCUT2D eigenvalue weighted by Gasteiger charge is -2.45. The van der Waals surface area contributed by atoms with Gasteiger partial charge in [-0.15, -0.1) is 0 Å². The number of aliphatic carboxylic acids is 1. The molecule has 0 amide bonds. The van der Waals surface area contributed by atoms with Crippen LogP contribution in [0.4, 0.5) is 0 Å². The third-order valence-electron chi connectivity index (χ3n) is 4.58. The molecule has 0 aromatic heterocycles. The number of carbonyl (C=O) groups is 1. The number of hydrogen-bond acceptors (Lipinski definition) is 3. The summed E-state index contributed by atoms with van der Waals surface area (Å²) in [5, 5.41) is 9.62. The Bertz CT molecular complexity index is 301. The monoisotopic (exact) mass is 241 g/mol. The Kier molecular flexibility index (Phi) is 2.67. The molecular weight excluding hydrogens is 222 g/mol. The largest absolute Gasteiger partial charge is 0.480 e. The van der Waals surface area contributed by atoms with E-state index in [-0.39, 0.29) is 0 Å². The molecule has 1 saturated carbocycles. The van der Waals surface area contributed by atoms with Gasteiger partial charge in [-0.05, 0) is 43.8 Å². The van der Waals surface area contributed by atoms with Gasteiger partial charge in [-0.3, -0.25) is 9.69 Å². The van der Waals surface area contributed by atoms with Crippen LogP contribution in [0.3, 0.4) is 0 Å². The van der Waals surface area contributed by atoms with Gasteiger partial charge in [-0.1, -0.05) is 0 Å². The summed E-state index contributed by atoms with van der Waals surface area (Å²) in [5.74, 6) is 2.14. The molecule has 3 nitrogen and oxygen atoms in total. The molecule has 0 radical (unpaired) electrons. The molecule has 90 valence electrons. The van der Waals surface area contributed by atoms with Gasteiger partial charge in [0.25, 0.3) is 0 Å². The minimum Gasteiger partial charge on any atom is -0.480 e. The molecule has 1 N–H and O–H groups in total. The quantitative estimate of drug-likeness (QED) is 0.800. The molecule has 2 aliphatic heterocycles. The maximum Gasteiger partial charge on any atom is 0.324 e. The molecule has 3 atom stereocenters. The zero-order chi connectivity index (χ0) is 11.2. The molecule has 3 unspecified atom stereocenters.